The Hall–Kier alpha value is -2.55. The maximum absolute atomic E-state index is 11.6. The second-order valence-electron chi connectivity index (χ2n) is 7.83. The van der Waals surface area contributed by atoms with Crippen molar-refractivity contribution in [1.29, 1.82) is 0 Å². The number of aromatic nitrogens is 2. The normalized spacial score (nSPS) is 16.1. The van der Waals surface area contributed by atoms with Crippen LogP contribution in [-0.2, 0) is 22.5 Å². The minimum absolute atomic E-state index is 0.0188. The van der Waals surface area contributed by atoms with Gasteiger partial charge in [-0.1, -0.05) is 12.1 Å². The van der Waals surface area contributed by atoms with Crippen molar-refractivity contribution in [3.63, 3.8) is 0 Å². The van der Waals surface area contributed by atoms with Crippen LogP contribution in [-0.4, -0.2) is 71.9 Å². The van der Waals surface area contributed by atoms with E-state index in [0.29, 0.717) is 6.54 Å². The van der Waals surface area contributed by atoms with Gasteiger partial charge in [0.25, 0.3) is 0 Å². The van der Waals surface area contributed by atoms with Crippen LogP contribution in [0.3, 0.4) is 0 Å². The number of hydrogen-bond acceptors (Lipinski definition) is 8. The molecule has 0 bridgehead atoms. The highest BCUT2D eigenvalue weighted by Gasteiger charge is 2.26. The third-order valence-corrected chi connectivity index (χ3v) is 5.46. The Labute approximate surface area is 183 Å². The number of esters is 1. The van der Waals surface area contributed by atoms with Gasteiger partial charge in [-0.25, -0.2) is 0 Å². The van der Waals surface area contributed by atoms with Gasteiger partial charge in [0.1, 0.15) is 18.5 Å². The second-order valence-corrected chi connectivity index (χ2v) is 7.83. The lowest BCUT2D eigenvalue weighted by Crippen LogP contribution is -2.42. The molecule has 1 aliphatic heterocycles. The van der Waals surface area contributed by atoms with E-state index in [-0.39, 0.29) is 18.5 Å². The van der Waals surface area contributed by atoms with Crippen molar-refractivity contribution in [2.45, 2.75) is 31.9 Å². The molecule has 1 aromatic carbocycles. The van der Waals surface area contributed by atoms with E-state index < -0.39 is 6.10 Å². The zero-order valence-corrected chi connectivity index (χ0v) is 18.1. The zero-order chi connectivity index (χ0) is 21.9. The number of aliphatic hydroxyl groups is 1. The van der Waals surface area contributed by atoms with Crippen LogP contribution in [0.4, 0.5) is 0 Å². The standard InChI is InChI=1S/C23H32N4O4/c1-30-23(29)19-7-12-27(13-8-19)16-21(28)17-31-22-4-2-18(3-5-22)14-24-9-6-20-15-25-10-11-26-20/h2-5,10-11,15,19,21,24,28H,6-9,12-14,16-17H2,1H3/t21-/m1/s1. The first-order valence-electron chi connectivity index (χ1n) is 10.8. The monoisotopic (exact) mass is 428 g/mol. The van der Waals surface area contributed by atoms with Crippen LogP contribution in [0.25, 0.3) is 0 Å². The van der Waals surface area contributed by atoms with Gasteiger partial charge in [0, 0.05) is 44.6 Å². The summed E-state index contributed by atoms with van der Waals surface area (Å²) in [6.07, 6.45) is 6.98. The molecule has 0 spiro atoms. The molecule has 8 heteroatoms. The number of benzene rings is 1. The van der Waals surface area contributed by atoms with Crippen LogP contribution in [0.2, 0.25) is 0 Å². The molecule has 168 valence electrons. The molecule has 0 aliphatic carbocycles. The molecule has 2 N–H and O–H groups in total. The summed E-state index contributed by atoms with van der Waals surface area (Å²) in [5.74, 6) is 0.592. The largest absolute Gasteiger partial charge is 0.491 e. The predicted molar refractivity (Wildman–Crippen MR) is 117 cm³/mol. The maximum Gasteiger partial charge on any atom is 0.308 e. The smallest absolute Gasteiger partial charge is 0.308 e. The fourth-order valence-corrected chi connectivity index (χ4v) is 3.67. The Morgan fingerprint density at radius 1 is 1.26 bits per heavy atom. The van der Waals surface area contributed by atoms with E-state index in [0.717, 1.165) is 56.9 Å². The van der Waals surface area contributed by atoms with Crippen molar-refractivity contribution in [3.05, 3.63) is 54.1 Å². The lowest BCUT2D eigenvalue weighted by atomic mass is 9.97. The molecule has 31 heavy (non-hydrogen) atoms. The molecule has 2 heterocycles. The Morgan fingerprint density at radius 3 is 2.71 bits per heavy atom. The summed E-state index contributed by atoms with van der Waals surface area (Å²) in [6, 6.07) is 7.89. The van der Waals surface area contributed by atoms with Gasteiger partial charge in [0.15, 0.2) is 0 Å². The third kappa shape index (κ3) is 7.90. The number of ether oxygens (including phenoxy) is 2. The molecule has 0 amide bonds. The third-order valence-electron chi connectivity index (χ3n) is 5.46. The van der Waals surface area contributed by atoms with E-state index in [1.165, 1.54) is 12.7 Å². The minimum Gasteiger partial charge on any atom is -0.491 e. The van der Waals surface area contributed by atoms with Gasteiger partial charge in [-0.05, 0) is 43.6 Å². The van der Waals surface area contributed by atoms with Gasteiger partial charge < -0.3 is 24.8 Å². The first-order valence-corrected chi connectivity index (χ1v) is 10.8. The highest BCUT2D eigenvalue weighted by atomic mass is 16.5. The average molecular weight is 429 g/mol. The van der Waals surface area contributed by atoms with Crippen molar-refractivity contribution < 1.29 is 19.4 Å². The molecular formula is C23H32N4O4. The SMILES string of the molecule is COC(=O)C1CCN(C[C@@H](O)COc2ccc(CNCCc3cnccn3)cc2)CC1. The quantitative estimate of drug-likeness (QED) is 0.410. The zero-order valence-electron chi connectivity index (χ0n) is 18.1. The molecule has 1 aromatic heterocycles. The van der Waals surface area contributed by atoms with Gasteiger partial charge in [-0.2, -0.15) is 0 Å². The fourth-order valence-electron chi connectivity index (χ4n) is 3.67. The first kappa shape index (κ1) is 23.1. The Balaban J connectivity index is 1.30. The van der Waals surface area contributed by atoms with E-state index in [1.807, 2.05) is 24.3 Å². The van der Waals surface area contributed by atoms with Crippen LogP contribution in [0.5, 0.6) is 5.75 Å². The van der Waals surface area contributed by atoms with Crippen LogP contribution in [0, 0.1) is 5.92 Å². The fraction of sp³-hybridized carbons (Fsp3) is 0.522. The van der Waals surface area contributed by atoms with Crippen LogP contribution >= 0.6 is 0 Å². The van der Waals surface area contributed by atoms with Crippen molar-refractivity contribution in [2.75, 3.05) is 39.9 Å². The number of piperidine rings is 1. The molecule has 8 nitrogen and oxygen atoms in total. The van der Waals surface area contributed by atoms with Gasteiger partial charge >= 0.3 is 5.97 Å². The molecule has 2 aromatic rings. The molecule has 0 radical (unpaired) electrons. The van der Waals surface area contributed by atoms with Crippen molar-refractivity contribution in [1.82, 2.24) is 20.2 Å². The molecule has 1 aliphatic rings. The number of hydrogen-bond donors (Lipinski definition) is 2. The van der Waals surface area contributed by atoms with Gasteiger partial charge in [0.05, 0.1) is 18.7 Å². The van der Waals surface area contributed by atoms with E-state index in [9.17, 15) is 9.90 Å². The van der Waals surface area contributed by atoms with Gasteiger partial charge in [0.2, 0.25) is 0 Å². The van der Waals surface area contributed by atoms with Gasteiger partial charge in [-0.15, -0.1) is 0 Å². The number of aliphatic hydroxyl groups excluding tert-OH is 1. The van der Waals surface area contributed by atoms with Crippen LogP contribution < -0.4 is 10.1 Å². The van der Waals surface area contributed by atoms with Crippen molar-refractivity contribution in [2.24, 2.45) is 5.92 Å². The summed E-state index contributed by atoms with van der Waals surface area (Å²) in [6.45, 7) is 3.96. The summed E-state index contributed by atoms with van der Waals surface area (Å²) in [5, 5.41) is 13.7. The van der Waals surface area contributed by atoms with Gasteiger partial charge in [-0.3, -0.25) is 14.8 Å². The molecule has 1 fully saturated rings. The van der Waals surface area contributed by atoms with E-state index in [2.05, 4.69) is 20.2 Å². The molecular weight excluding hydrogens is 396 g/mol. The van der Waals surface area contributed by atoms with E-state index >= 15 is 0 Å². The minimum atomic E-state index is -0.572. The number of carbonyl (C=O) groups excluding carboxylic acids is 1. The number of nitrogens with zero attached hydrogens (tertiary/aromatic N) is 3. The molecule has 1 saturated heterocycles. The maximum atomic E-state index is 11.6. The molecule has 1 atom stereocenters. The Bertz CT molecular complexity index is 780. The molecule has 0 unspecified atom stereocenters. The highest BCUT2D eigenvalue weighted by Crippen LogP contribution is 2.19. The summed E-state index contributed by atoms with van der Waals surface area (Å²) < 4.78 is 10.6. The first-order chi connectivity index (χ1) is 15.1. The Kier molecular flexibility index (Phi) is 9.20. The number of nitrogens with one attached hydrogen (secondary N) is 1. The number of methoxy groups -OCH3 is 1. The topological polar surface area (TPSA) is 96.8 Å². The van der Waals surface area contributed by atoms with E-state index in [1.54, 1.807) is 18.6 Å². The van der Waals surface area contributed by atoms with Crippen LogP contribution in [0.1, 0.15) is 24.1 Å². The summed E-state index contributed by atoms with van der Waals surface area (Å²) in [4.78, 5) is 22.1. The van der Waals surface area contributed by atoms with E-state index in [4.69, 9.17) is 9.47 Å². The Morgan fingerprint density at radius 2 is 2.03 bits per heavy atom. The number of rotatable bonds is 11. The lowest BCUT2D eigenvalue weighted by Gasteiger charge is -2.31. The summed E-state index contributed by atoms with van der Waals surface area (Å²) in [5.41, 5.74) is 2.14. The van der Waals surface area contributed by atoms with Crippen molar-refractivity contribution in [3.8, 4) is 5.75 Å². The van der Waals surface area contributed by atoms with Crippen molar-refractivity contribution >= 4 is 5.97 Å². The van der Waals surface area contributed by atoms with Crippen LogP contribution in [0.15, 0.2) is 42.9 Å². The summed E-state index contributed by atoms with van der Waals surface area (Å²) >= 11 is 0. The predicted octanol–water partition coefficient (Wildman–Crippen LogP) is 1.43. The molecule has 3 rings (SSSR count). The highest BCUT2D eigenvalue weighted by molar-refractivity contribution is 5.72. The number of β-amino-alcohol motifs (C(OH)–C–C–N with tert-alkyl or cyclic N) is 1. The lowest BCUT2D eigenvalue weighted by molar-refractivity contribution is -0.147. The average Bonchev–Trinajstić information content (AvgIpc) is 2.82. The second kappa shape index (κ2) is 12.3. The summed E-state index contributed by atoms with van der Waals surface area (Å²) in [7, 11) is 1.43. The number of carbonyl (C=O) groups is 1. The molecule has 0 saturated carbocycles. The number of likely N-dealkylation sites (tertiary alicyclic amines) is 1.